The highest BCUT2D eigenvalue weighted by Crippen LogP contribution is 2.24. The van der Waals surface area contributed by atoms with Gasteiger partial charge in [-0.3, -0.25) is 14.9 Å². The van der Waals surface area contributed by atoms with Crippen molar-refractivity contribution in [3.63, 3.8) is 0 Å². The molecule has 0 aliphatic rings. The summed E-state index contributed by atoms with van der Waals surface area (Å²) in [4.78, 5) is 24.1. The Morgan fingerprint density at radius 2 is 2.16 bits per heavy atom. The van der Waals surface area contributed by atoms with Crippen molar-refractivity contribution in [3.05, 3.63) is 33.9 Å². The van der Waals surface area contributed by atoms with E-state index in [2.05, 4.69) is 5.32 Å². The number of anilines is 1. The van der Waals surface area contributed by atoms with Gasteiger partial charge in [0.25, 0.3) is 11.6 Å². The molecule has 1 amide bonds. The van der Waals surface area contributed by atoms with Gasteiger partial charge in [0.05, 0.1) is 10.5 Å². The van der Waals surface area contributed by atoms with Gasteiger partial charge >= 0.3 is 0 Å². The van der Waals surface area contributed by atoms with Gasteiger partial charge in [-0.15, -0.1) is 0 Å². The number of nitrogens with zero attached hydrogens (tertiary/aromatic N) is 2. The third kappa shape index (κ3) is 3.92. The van der Waals surface area contributed by atoms with E-state index in [0.29, 0.717) is 6.54 Å². The van der Waals surface area contributed by atoms with E-state index in [9.17, 15) is 14.9 Å². The van der Waals surface area contributed by atoms with Gasteiger partial charge < -0.3 is 16.0 Å². The molecule has 7 heteroatoms. The second kappa shape index (κ2) is 6.14. The van der Waals surface area contributed by atoms with Gasteiger partial charge in [0.15, 0.2) is 0 Å². The highest BCUT2D eigenvalue weighted by molar-refractivity contribution is 6.01. The molecule has 0 spiro atoms. The Morgan fingerprint density at radius 3 is 2.68 bits per heavy atom. The molecule has 0 fully saturated rings. The largest absolute Gasteiger partial charge is 0.393 e. The molecule has 1 atom stereocenters. The fourth-order valence-electron chi connectivity index (χ4n) is 1.81. The van der Waals surface area contributed by atoms with Crippen LogP contribution in [0, 0.1) is 10.1 Å². The highest BCUT2D eigenvalue weighted by Gasteiger charge is 2.19. The van der Waals surface area contributed by atoms with Crippen molar-refractivity contribution in [1.82, 2.24) is 10.2 Å². The summed E-state index contributed by atoms with van der Waals surface area (Å²) in [6.45, 7) is 2.52. The van der Waals surface area contributed by atoms with Crippen LogP contribution in [0.4, 0.5) is 11.4 Å². The number of amides is 1. The minimum atomic E-state index is -0.602. The van der Waals surface area contributed by atoms with Crippen LogP contribution in [-0.2, 0) is 0 Å². The first-order valence-corrected chi connectivity index (χ1v) is 5.81. The molecule has 104 valence electrons. The summed E-state index contributed by atoms with van der Waals surface area (Å²) in [5, 5.41) is 13.5. The fourth-order valence-corrected chi connectivity index (χ4v) is 1.81. The molecule has 0 heterocycles. The van der Waals surface area contributed by atoms with Crippen molar-refractivity contribution < 1.29 is 9.72 Å². The van der Waals surface area contributed by atoms with E-state index in [1.54, 1.807) is 0 Å². The molecule has 1 aromatic rings. The van der Waals surface area contributed by atoms with Crippen molar-refractivity contribution in [2.45, 2.75) is 13.0 Å². The third-order valence-corrected chi connectivity index (χ3v) is 2.54. The zero-order chi connectivity index (χ0) is 14.6. The number of nitro groups is 1. The molecule has 0 aliphatic heterocycles. The van der Waals surface area contributed by atoms with E-state index in [-0.39, 0.29) is 23.0 Å². The molecular formula is C12H18N4O3. The Hall–Kier alpha value is -2.15. The molecule has 1 rings (SSSR count). The van der Waals surface area contributed by atoms with Crippen LogP contribution in [0.15, 0.2) is 18.2 Å². The van der Waals surface area contributed by atoms with Gasteiger partial charge in [-0.2, -0.15) is 0 Å². The number of carbonyl (C=O) groups excluding carboxylic acids is 1. The normalized spacial score (nSPS) is 12.2. The quantitative estimate of drug-likeness (QED) is 0.467. The molecule has 19 heavy (non-hydrogen) atoms. The van der Waals surface area contributed by atoms with Crippen LogP contribution in [0.5, 0.6) is 0 Å². The van der Waals surface area contributed by atoms with E-state index in [4.69, 9.17) is 5.73 Å². The SMILES string of the molecule is CC(CN(C)C)NC(=O)c1cccc([N+](=O)[O-])c1N. The standard InChI is InChI=1S/C12H18N4O3/c1-8(7-15(2)3)14-12(17)9-5-4-6-10(11(9)13)16(18)19/h4-6,8H,7,13H2,1-3H3,(H,14,17). The molecule has 0 bridgehead atoms. The van der Waals surface area contributed by atoms with Crippen LogP contribution in [0.3, 0.4) is 0 Å². The number of rotatable bonds is 5. The second-order valence-electron chi connectivity index (χ2n) is 4.63. The topological polar surface area (TPSA) is 102 Å². The molecule has 0 radical (unpaired) electrons. The van der Waals surface area contributed by atoms with Crippen LogP contribution in [0.1, 0.15) is 17.3 Å². The lowest BCUT2D eigenvalue weighted by molar-refractivity contribution is -0.383. The number of nitrogens with two attached hydrogens (primary N) is 1. The van der Waals surface area contributed by atoms with Crippen LogP contribution >= 0.6 is 0 Å². The number of para-hydroxylation sites is 1. The van der Waals surface area contributed by atoms with E-state index < -0.39 is 10.8 Å². The summed E-state index contributed by atoms with van der Waals surface area (Å²) in [7, 11) is 3.79. The van der Waals surface area contributed by atoms with Crippen LogP contribution in [0.25, 0.3) is 0 Å². The van der Waals surface area contributed by atoms with Crippen LogP contribution in [-0.4, -0.2) is 42.4 Å². The van der Waals surface area contributed by atoms with Crippen molar-refractivity contribution >= 4 is 17.3 Å². The first-order valence-electron chi connectivity index (χ1n) is 5.81. The van der Waals surface area contributed by atoms with Gasteiger partial charge in [-0.05, 0) is 27.1 Å². The van der Waals surface area contributed by atoms with E-state index in [1.165, 1.54) is 18.2 Å². The summed E-state index contributed by atoms with van der Waals surface area (Å²) in [5.41, 5.74) is 5.41. The zero-order valence-corrected chi connectivity index (χ0v) is 11.2. The minimum absolute atomic E-state index is 0.0823. The molecule has 0 aliphatic carbocycles. The predicted octanol–water partition coefficient (Wildman–Crippen LogP) is 0.857. The van der Waals surface area contributed by atoms with E-state index in [1.807, 2.05) is 25.9 Å². The maximum Gasteiger partial charge on any atom is 0.292 e. The van der Waals surface area contributed by atoms with Crippen molar-refractivity contribution in [1.29, 1.82) is 0 Å². The summed E-state index contributed by atoms with van der Waals surface area (Å²) >= 11 is 0. The molecule has 1 aromatic carbocycles. The molecule has 7 nitrogen and oxygen atoms in total. The molecule has 3 N–H and O–H groups in total. The lowest BCUT2D eigenvalue weighted by Crippen LogP contribution is -2.39. The molecule has 1 unspecified atom stereocenters. The van der Waals surface area contributed by atoms with Crippen molar-refractivity contribution in [3.8, 4) is 0 Å². The maximum atomic E-state index is 12.0. The smallest absolute Gasteiger partial charge is 0.292 e. The number of nitrogens with one attached hydrogen (secondary N) is 1. The summed E-state index contributed by atoms with van der Waals surface area (Å²) in [5.74, 6) is -0.407. The van der Waals surface area contributed by atoms with E-state index in [0.717, 1.165) is 0 Å². The minimum Gasteiger partial charge on any atom is -0.393 e. The fraction of sp³-hybridized carbons (Fsp3) is 0.417. The molecular weight excluding hydrogens is 248 g/mol. The number of likely N-dealkylation sites (N-methyl/N-ethyl adjacent to an activating group) is 1. The Bertz CT molecular complexity index is 488. The summed E-state index contributed by atoms with van der Waals surface area (Å²) in [6, 6.07) is 4.11. The second-order valence-corrected chi connectivity index (χ2v) is 4.63. The number of benzene rings is 1. The summed E-state index contributed by atoms with van der Waals surface area (Å²) in [6.07, 6.45) is 0. The monoisotopic (exact) mass is 266 g/mol. The highest BCUT2D eigenvalue weighted by atomic mass is 16.6. The average Bonchev–Trinajstić information content (AvgIpc) is 2.27. The Balaban J connectivity index is 2.89. The van der Waals surface area contributed by atoms with E-state index >= 15 is 0 Å². The van der Waals surface area contributed by atoms with Gasteiger partial charge in [-0.25, -0.2) is 0 Å². The Labute approximate surface area is 111 Å². The number of nitrogen functional groups attached to an aromatic ring is 1. The number of nitro benzene ring substituents is 1. The Kier molecular flexibility index (Phi) is 4.82. The van der Waals surface area contributed by atoms with Crippen LogP contribution < -0.4 is 11.1 Å². The molecule has 0 saturated carbocycles. The van der Waals surface area contributed by atoms with Crippen molar-refractivity contribution in [2.75, 3.05) is 26.4 Å². The molecule has 0 aromatic heterocycles. The predicted molar refractivity (Wildman–Crippen MR) is 73.0 cm³/mol. The van der Waals surface area contributed by atoms with Gasteiger partial charge in [0, 0.05) is 18.7 Å². The van der Waals surface area contributed by atoms with Gasteiger partial charge in [0.2, 0.25) is 0 Å². The van der Waals surface area contributed by atoms with Gasteiger partial charge in [0.1, 0.15) is 5.69 Å². The lowest BCUT2D eigenvalue weighted by Gasteiger charge is -2.18. The summed E-state index contributed by atoms with van der Waals surface area (Å²) < 4.78 is 0. The first kappa shape index (κ1) is 14.9. The molecule has 0 saturated heterocycles. The zero-order valence-electron chi connectivity index (χ0n) is 11.2. The first-order chi connectivity index (χ1) is 8.82. The number of hydrogen-bond donors (Lipinski definition) is 2. The average molecular weight is 266 g/mol. The number of hydrogen-bond acceptors (Lipinski definition) is 5. The lowest BCUT2D eigenvalue weighted by atomic mass is 10.1. The van der Waals surface area contributed by atoms with Crippen molar-refractivity contribution in [2.24, 2.45) is 0 Å². The van der Waals surface area contributed by atoms with Crippen LogP contribution in [0.2, 0.25) is 0 Å². The Morgan fingerprint density at radius 1 is 1.53 bits per heavy atom. The number of carbonyl (C=O) groups is 1. The maximum absolute atomic E-state index is 12.0. The third-order valence-electron chi connectivity index (χ3n) is 2.54. The van der Waals surface area contributed by atoms with Gasteiger partial charge in [-0.1, -0.05) is 6.07 Å².